The third-order valence-electron chi connectivity index (χ3n) is 8.31. The number of methoxy groups -OCH3 is 4. The van der Waals surface area contributed by atoms with Crippen molar-refractivity contribution in [1.29, 1.82) is 0 Å². The van der Waals surface area contributed by atoms with Gasteiger partial charge in [0.1, 0.15) is 24.1 Å². The first kappa shape index (κ1) is 40.1. The number of hydrogen-bond donors (Lipinski definition) is 1. The summed E-state index contributed by atoms with van der Waals surface area (Å²) in [4.78, 5) is 30.1. The summed E-state index contributed by atoms with van der Waals surface area (Å²) < 4.78 is 52.1. The molecule has 0 aliphatic rings. The zero-order chi connectivity index (χ0) is 37.8. The van der Waals surface area contributed by atoms with Crippen molar-refractivity contribution in [1.82, 2.24) is 10.2 Å². The van der Waals surface area contributed by atoms with Crippen molar-refractivity contribution in [3.8, 4) is 23.0 Å². The average Bonchev–Trinajstić information content (AvgIpc) is 3.16. The van der Waals surface area contributed by atoms with Gasteiger partial charge in [0.05, 0.1) is 49.1 Å². The van der Waals surface area contributed by atoms with E-state index in [1.807, 2.05) is 37.3 Å². The van der Waals surface area contributed by atoms with Crippen LogP contribution < -0.4 is 28.6 Å². The summed E-state index contributed by atoms with van der Waals surface area (Å²) in [6, 6.07) is 21.9. The number of anilines is 1. The fourth-order valence-corrected chi connectivity index (χ4v) is 7.26. The number of hydrogen-bond acceptors (Lipinski definition) is 8. The fraction of sp³-hybridized carbons (Fsp3) is 0.316. The van der Waals surface area contributed by atoms with Gasteiger partial charge < -0.3 is 29.2 Å². The molecule has 52 heavy (non-hydrogen) atoms. The van der Waals surface area contributed by atoms with Gasteiger partial charge in [0.2, 0.25) is 11.8 Å². The van der Waals surface area contributed by atoms with E-state index in [1.165, 1.54) is 57.6 Å². The predicted octanol–water partition coefficient (Wildman–Crippen LogP) is 6.78. The molecular formula is C38H43Cl2N3O8S. The lowest BCUT2D eigenvalue weighted by molar-refractivity contribution is -0.140. The Morgan fingerprint density at radius 3 is 2.10 bits per heavy atom. The first-order valence-electron chi connectivity index (χ1n) is 16.5. The Morgan fingerprint density at radius 1 is 0.769 bits per heavy atom. The maximum absolute atomic E-state index is 14.9. The normalized spacial score (nSPS) is 11.7. The maximum Gasteiger partial charge on any atom is 0.265 e. The number of halogens is 2. The van der Waals surface area contributed by atoms with Gasteiger partial charge in [0.25, 0.3) is 10.0 Å². The van der Waals surface area contributed by atoms with E-state index in [-0.39, 0.29) is 46.0 Å². The molecule has 1 N–H and O–H groups in total. The van der Waals surface area contributed by atoms with Gasteiger partial charge in [-0.2, -0.15) is 0 Å². The minimum atomic E-state index is -4.53. The molecule has 0 spiro atoms. The van der Waals surface area contributed by atoms with Crippen molar-refractivity contribution in [2.24, 2.45) is 0 Å². The van der Waals surface area contributed by atoms with Crippen LogP contribution in [0.2, 0.25) is 10.0 Å². The zero-order valence-electron chi connectivity index (χ0n) is 29.7. The molecule has 1 atom stereocenters. The molecule has 278 valence electrons. The molecule has 0 aliphatic heterocycles. The van der Waals surface area contributed by atoms with Crippen molar-refractivity contribution >= 4 is 50.7 Å². The van der Waals surface area contributed by atoms with Crippen molar-refractivity contribution < 1.29 is 37.0 Å². The number of carbonyl (C=O) groups excluding carboxylic acids is 2. The second-order valence-electron chi connectivity index (χ2n) is 11.7. The largest absolute Gasteiger partial charge is 0.497 e. The number of nitrogens with one attached hydrogen (secondary N) is 1. The van der Waals surface area contributed by atoms with E-state index >= 15 is 0 Å². The molecule has 0 bridgehead atoms. The lowest BCUT2D eigenvalue weighted by Crippen LogP contribution is -2.53. The summed E-state index contributed by atoms with van der Waals surface area (Å²) in [5.41, 5.74) is 1.41. The molecule has 0 radical (unpaired) electrons. The van der Waals surface area contributed by atoms with Gasteiger partial charge in [0.15, 0.2) is 11.5 Å². The van der Waals surface area contributed by atoms with Gasteiger partial charge >= 0.3 is 0 Å². The standard InChI is InChI=1S/C38H43Cl2N3O8S/c1-6-7-19-41-38(45)33(21-26-11-9-8-10-12-26)42(24-27-13-16-30(39)31(40)20-27)37(44)25-43(32-22-28(48-2)14-17-34(32)49-3)52(46,47)29-15-18-35(50-4)36(23-29)51-5/h8-18,20,22-23,33H,6-7,19,21,24-25H2,1-5H3,(H,41,45)/t33-/m1/s1. The molecule has 0 aliphatic carbocycles. The average molecular weight is 773 g/mol. The van der Waals surface area contributed by atoms with Crippen molar-refractivity contribution in [3.05, 3.63) is 106 Å². The van der Waals surface area contributed by atoms with E-state index in [4.69, 9.17) is 42.1 Å². The minimum Gasteiger partial charge on any atom is -0.497 e. The van der Waals surface area contributed by atoms with E-state index in [2.05, 4.69) is 5.32 Å². The Bertz CT molecular complexity index is 1950. The number of sulfonamides is 1. The quantitative estimate of drug-likeness (QED) is 0.110. The van der Waals surface area contributed by atoms with Crippen molar-refractivity contribution in [2.45, 2.75) is 43.7 Å². The molecule has 0 heterocycles. The van der Waals surface area contributed by atoms with E-state index in [9.17, 15) is 18.0 Å². The molecular weight excluding hydrogens is 729 g/mol. The van der Waals surface area contributed by atoms with E-state index in [0.717, 1.165) is 22.7 Å². The Labute approximate surface area is 315 Å². The zero-order valence-corrected chi connectivity index (χ0v) is 32.1. The van der Waals surface area contributed by atoms with Crippen molar-refractivity contribution in [3.63, 3.8) is 0 Å². The lowest BCUT2D eigenvalue weighted by atomic mass is 10.0. The Balaban J connectivity index is 1.90. The summed E-state index contributed by atoms with van der Waals surface area (Å²) in [6.45, 7) is 1.59. The third-order valence-corrected chi connectivity index (χ3v) is 10.8. The molecule has 0 unspecified atom stereocenters. The smallest absolute Gasteiger partial charge is 0.265 e. The third kappa shape index (κ3) is 9.81. The molecule has 0 fully saturated rings. The second-order valence-corrected chi connectivity index (χ2v) is 14.4. The SMILES string of the molecule is CCCCNC(=O)[C@@H](Cc1ccccc1)N(Cc1ccc(Cl)c(Cl)c1)C(=O)CN(c1cc(OC)ccc1OC)S(=O)(=O)c1ccc(OC)c(OC)c1. The molecule has 0 saturated carbocycles. The summed E-state index contributed by atoms with van der Waals surface area (Å²) in [5.74, 6) is -0.105. The number of rotatable bonds is 18. The summed E-state index contributed by atoms with van der Waals surface area (Å²) in [5, 5.41) is 3.55. The van der Waals surface area contributed by atoms with Gasteiger partial charge in [0, 0.05) is 31.6 Å². The van der Waals surface area contributed by atoms with Crippen molar-refractivity contribution in [2.75, 3.05) is 45.8 Å². The van der Waals surface area contributed by atoms with Crippen LogP contribution in [-0.4, -0.2) is 72.7 Å². The Hall–Kier alpha value is -4.65. The highest BCUT2D eigenvalue weighted by Gasteiger charge is 2.36. The fourth-order valence-electron chi connectivity index (χ4n) is 5.50. The first-order chi connectivity index (χ1) is 25.0. The van der Waals surface area contributed by atoms with Crippen LogP contribution in [0.15, 0.2) is 89.8 Å². The topological polar surface area (TPSA) is 124 Å². The highest BCUT2D eigenvalue weighted by molar-refractivity contribution is 7.92. The summed E-state index contributed by atoms with van der Waals surface area (Å²) >= 11 is 12.6. The van der Waals surface area contributed by atoms with Gasteiger partial charge in [-0.25, -0.2) is 8.42 Å². The van der Waals surface area contributed by atoms with Gasteiger partial charge in [-0.15, -0.1) is 0 Å². The molecule has 0 aromatic heterocycles. The van der Waals surface area contributed by atoms with Crippen LogP contribution in [0, 0.1) is 0 Å². The van der Waals surface area contributed by atoms with Crippen LogP contribution in [0.1, 0.15) is 30.9 Å². The van der Waals surface area contributed by atoms with Crippen LogP contribution >= 0.6 is 23.2 Å². The van der Waals surface area contributed by atoms with Gasteiger partial charge in [-0.05, 0) is 53.9 Å². The molecule has 4 rings (SSSR count). The molecule has 11 nitrogen and oxygen atoms in total. The van der Waals surface area contributed by atoms with Gasteiger partial charge in [-0.3, -0.25) is 13.9 Å². The van der Waals surface area contributed by atoms with E-state index in [0.29, 0.717) is 28.6 Å². The molecule has 4 aromatic rings. The molecule has 0 saturated heterocycles. The highest BCUT2D eigenvalue weighted by Crippen LogP contribution is 2.38. The van der Waals surface area contributed by atoms with Crippen LogP contribution in [0.25, 0.3) is 0 Å². The monoisotopic (exact) mass is 771 g/mol. The molecule has 4 aromatic carbocycles. The summed E-state index contributed by atoms with van der Waals surface area (Å²) in [6.07, 6.45) is 1.73. The highest BCUT2D eigenvalue weighted by atomic mass is 35.5. The first-order valence-corrected chi connectivity index (χ1v) is 18.7. The summed E-state index contributed by atoms with van der Waals surface area (Å²) in [7, 11) is 1.12. The Kier molecular flexibility index (Phi) is 14.4. The maximum atomic E-state index is 14.9. The number of nitrogens with zero attached hydrogens (tertiary/aromatic N) is 2. The van der Waals surface area contributed by atoms with E-state index in [1.54, 1.807) is 30.3 Å². The Morgan fingerprint density at radius 2 is 1.46 bits per heavy atom. The molecule has 14 heteroatoms. The predicted molar refractivity (Wildman–Crippen MR) is 202 cm³/mol. The lowest BCUT2D eigenvalue weighted by Gasteiger charge is -2.34. The number of benzene rings is 4. The number of unbranched alkanes of at least 4 members (excludes halogenated alkanes) is 1. The number of ether oxygens (including phenoxy) is 4. The van der Waals surface area contributed by atoms with Gasteiger partial charge in [-0.1, -0.05) is 72.9 Å². The van der Waals surface area contributed by atoms with Crippen LogP contribution in [0.4, 0.5) is 5.69 Å². The van der Waals surface area contributed by atoms with Crippen LogP contribution in [-0.2, 0) is 32.6 Å². The van der Waals surface area contributed by atoms with E-state index < -0.39 is 28.5 Å². The van der Waals surface area contributed by atoms with Crippen LogP contribution in [0.3, 0.4) is 0 Å². The number of carbonyl (C=O) groups is 2. The second kappa shape index (κ2) is 18.7. The van der Waals surface area contributed by atoms with Crippen LogP contribution in [0.5, 0.6) is 23.0 Å². The number of amides is 2. The molecule has 2 amide bonds. The minimum absolute atomic E-state index is 0.0338.